The van der Waals surface area contributed by atoms with Crippen molar-refractivity contribution in [3.05, 3.63) is 0 Å². The number of nitrogens with zero attached hydrogens (tertiary/aromatic N) is 1. The summed E-state index contributed by atoms with van der Waals surface area (Å²) >= 11 is 0. The van der Waals surface area contributed by atoms with E-state index < -0.39 is 5.60 Å². The number of carbonyl (C=O) groups is 1. The van der Waals surface area contributed by atoms with Crippen molar-refractivity contribution in [2.45, 2.75) is 52.6 Å². The molecule has 0 aromatic rings. The molecule has 0 aliphatic carbocycles. The summed E-state index contributed by atoms with van der Waals surface area (Å²) < 4.78 is 10.9. The second-order valence-corrected chi connectivity index (χ2v) is 8.14. The molecule has 1 N–H and O–H groups in total. The molecule has 128 valence electrons. The SMILES string of the molecule is CC1(CNCC2CCOC2)CCN(C(=O)OC(C)(C)C)CC1. The van der Waals surface area contributed by atoms with Gasteiger partial charge in [0.1, 0.15) is 5.60 Å². The second kappa shape index (κ2) is 7.18. The van der Waals surface area contributed by atoms with Crippen molar-refractivity contribution in [2.24, 2.45) is 11.3 Å². The summed E-state index contributed by atoms with van der Waals surface area (Å²) in [5.74, 6) is 0.672. The van der Waals surface area contributed by atoms with Crippen LogP contribution in [0.5, 0.6) is 0 Å². The number of rotatable bonds is 4. The first kappa shape index (κ1) is 17.5. The minimum absolute atomic E-state index is 0.175. The van der Waals surface area contributed by atoms with Crippen LogP contribution in [0, 0.1) is 11.3 Å². The van der Waals surface area contributed by atoms with Gasteiger partial charge in [0.25, 0.3) is 0 Å². The maximum absolute atomic E-state index is 12.1. The van der Waals surface area contributed by atoms with Crippen molar-refractivity contribution in [3.8, 4) is 0 Å². The van der Waals surface area contributed by atoms with E-state index in [-0.39, 0.29) is 11.5 Å². The standard InChI is InChI=1S/C17H32N2O3/c1-16(2,3)22-15(20)19-8-6-17(4,7-9-19)13-18-11-14-5-10-21-12-14/h14,18H,5-13H2,1-4H3. The quantitative estimate of drug-likeness (QED) is 0.867. The van der Waals surface area contributed by atoms with Gasteiger partial charge in [-0.1, -0.05) is 6.92 Å². The Morgan fingerprint density at radius 3 is 2.59 bits per heavy atom. The molecular formula is C17H32N2O3. The van der Waals surface area contributed by atoms with Gasteiger partial charge in [-0.15, -0.1) is 0 Å². The van der Waals surface area contributed by atoms with E-state index in [0.29, 0.717) is 5.92 Å². The van der Waals surface area contributed by atoms with Crippen molar-refractivity contribution >= 4 is 6.09 Å². The van der Waals surface area contributed by atoms with E-state index in [1.54, 1.807) is 0 Å². The molecule has 1 unspecified atom stereocenters. The predicted molar refractivity (Wildman–Crippen MR) is 86.9 cm³/mol. The molecule has 1 amide bonds. The Bertz CT molecular complexity index is 365. The van der Waals surface area contributed by atoms with E-state index in [9.17, 15) is 4.79 Å². The largest absolute Gasteiger partial charge is 0.444 e. The first-order valence-corrected chi connectivity index (χ1v) is 8.54. The molecule has 1 atom stereocenters. The van der Waals surface area contributed by atoms with Crippen LogP contribution in [0.2, 0.25) is 0 Å². The lowest BCUT2D eigenvalue weighted by Gasteiger charge is -2.40. The van der Waals surface area contributed by atoms with Crippen LogP contribution in [0.15, 0.2) is 0 Å². The van der Waals surface area contributed by atoms with Crippen LogP contribution >= 0.6 is 0 Å². The highest BCUT2D eigenvalue weighted by atomic mass is 16.6. The highest BCUT2D eigenvalue weighted by Gasteiger charge is 2.33. The number of amides is 1. The third kappa shape index (κ3) is 5.43. The van der Waals surface area contributed by atoms with E-state index in [1.807, 2.05) is 25.7 Å². The van der Waals surface area contributed by atoms with E-state index in [0.717, 1.165) is 52.2 Å². The number of likely N-dealkylation sites (tertiary alicyclic amines) is 1. The van der Waals surface area contributed by atoms with Crippen molar-refractivity contribution in [1.82, 2.24) is 10.2 Å². The highest BCUT2D eigenvalue weighted by molar-refractivity contribution is 5.68. The molecule has 2 saturated heterocycles. The van der Waals surface area contributed by atoms with Crippen LogP contribution < -0.4 is 5.32 Å². The van der Waals surface area contributed by atoms with Crippen LogP contribution in [0.4, 0.5) is 4.79 Å². The zero-order valence-electron chi connectivity index (χ0n) is 14.6. The number of carbonyl (C=O) groups excluding carboxylic acids is 1. The zero-order chi connectivity index (χ0) is 16.2. The fourth-order valence-electron chi connectivity index (χ4n) is 3.05. The number of nitrogens with one attached hydrogen (secondary N) is 1. The molecule has 0 radical (unpaired) electrons. The lowest BCUT2D eigenvalue weighted by molar-refractivity contribution is 0.0119. The number of hydrogen-bond acceptors (Lipinski definition) is 4. The predicted octanol–water partition coefficient (Wildman–Crippen LogP) is 2.65. The molecule has 0 aromatic carbocycles. The number of piperidine rings is 1. The monoisotopic (exact) mass is 312 g/mol. The minimum Gasteiger partial charge on any atom is -0.444 e. The summed E-state index contributed by atoms with van der Waals surface area (Å²) in [6, 6.07) is 0. The molecule has 22 heavy (non-hydrogen) atoms. The smallest absolute Gasteiger partial charge is 0.410 e. The Labute approximate surface area is 134 Å². The van der Waals surface area contributed by atoms with E-state index in [1.165, 1.54) is 6.42 Å². The van der Waals surface area contributed by atoms with Gasteiger partial charge in [0, 0.05) is 32.8 Å². The topological polar surface area (TPSA) is 50.8 Å². The fraction of sp³-hybridized carbons (Fsp3) is 0.941. The Kier molecular flexibility index (Phi) is 5.72. The van der Waals surface area contributed by atoms with Crippen molar-refractivity contribution < 1.29 is 14.3 Å². The van der Waals surface area contributed by atoms with E-state index in [4.69, 9.17) is 9.47 Å². The van der Waals surface area contributed by atoms with Gasteiger partial charge in [-0.05, 0) is 51.4 Å². The summed E-state index contributed by atoms with van der Waals surface area (Å²) in [4.78, 5) is 13.9. The average Bonchev–Trinajstić information content (AvgIpc) is 2.90. The Hall–Kier alpha value is -0.810. The number of ether oxygens (including phenoxy) is 2. The Morgan fingerprint density at radius 1 is 1.36 bits per heavy atom. The van der Waals surface area contributed by atoms with Crippen LogP contribution in [0.25, 0.3) is 0 Å². The number of hydrogen-bond donors (Lipinski definition) is 1. The summed E-state index contributed by atoms with van der Waals surface area (Å²) in [7, 11) is 0. The fourth-order valence-corrected chi connectivity index (χ4v) is 3.05. The van der Waals surface area contributed by atoms with Gasteiger partial charge in [-0.3, -0.25) is 0 Å². The molecule has 2 heterocycles. The van der Waals surface area contributed by atoms with Gasteiger partial charge >= 0.3 is 6.09 Å². The molecule has 2 rings (SSSR count). The summed E-state index contributed by atoms with van der Waals surface area (Å²) in [5.41, 5.74) is -0.138. The van der Waals surface area contributed by atoms with Gasteiger partial charge in [-0.2, -0.15) is 0 Å². The molecular weight excluding hydrogens is 280 g/mol. The van der Waals surface area contributed by atoms with Crippen LogP contribution in [-0.2, 0) is 9.47 Å². The second-order valence-electron chi connectivity index (χ2n) is 8.14. The molecule has 2 aliphatic rings. The van der Waals surface area contributed by atoms with Gasteiger partial charge in [0.05, 0.1) is 6.61 Å². The molecule has 0 saturated carbocycles. The van der Waals surface area contributed by atoms with Gasteiger partial charge in [0.2, 0.25) is 0 Å². The van der Waals surface area contributed by atoms with Crippen LogP contribution in [-0.4, -0.2) is 56.0 Å². The highest BCUT2D eigenvalue weighted by Crippen LogP contribution is 2.31. The molecule has 0 aromatic heterocycles. The van der Waals surface area contributed by atoms with Gasteiger partial charge in [-0.25, -0.2) is 4.79 Å². The normalized spacial score (nSPS) is 25.3. The van der Waals surface area contributed by atoms with Crippen molar-refractivity contribution in [1.29, 1.82) is 0 Å². The Balaban J connectivity index is 1.69. The summed E-state index contributed by atoms with van der Waals surface area (Å²) in [6.45, 7) is 13.5. The first-order valence-electron chi connectivity index (χ1n) is 8.54. The average molecular weight is 312 g/mol. The molecule has 5 nitrogen and oxygen atoms in total. The minimum atomic E-state index is -0.414. The molecule has 0 bridgehead atoms. The molecule has 0 spiro atoms. The zero-order valence-corrected chi connectivity index (χ0v) is 14.6. The lowest BCUT2D eigenvalue weighted by atomic mass is 9.80. The lowest BCUT2D eigenvalue weighted by Crippen LogP contribution is -2.47. The first-order chi connectivity index (χ1) is 10.3. The van der Waals surface area contributed by atoms with E-state index in [2.05, 4.69) is 12.2 Å². The maximum Gasteiger partial charge on any atom is 0.410 e. The Morgan fingerprint density at radius 2 is 2.05 bits per heavy atom. The van der Waals surface area contributed by atoms with Gasteiger partial charge < -0.3 is 19.7 Å². The molecule has 2 fully saturated rings. The molecule has 2 aliphatic heterocycles. The maximum atomic E-state index is 12.1. The van der Waals surface area contributed by atoms with E-state index >= 15 is 0 Å². The summed E-state index contributed by atoms with van der Waals surface area (Å²) in [5, 5.41) is 3.61. The molecule has 5 heteroatoms. The third-order valence-electron chi connectivity index (χ3n) is 4.63. The third-order valence-corrected chi connectivity index (χ3v) is 4.63. The van der Waals surface area contributed by atoms with Crippen LogP contribution in [0.1, 0.15) is 47.0 Å². The van der Waals surface area contributed by atoms with Gasteiger partial charge in [0.15, 0.2) is 0 Å². The van der Waals surface area contributed by atoms with Crippen molar-refractivity contribution in [3.63, 3.8) is 0 Å². The summed E-state index contributed by atoms with van der Waals surface area (Å²) in [6.07, 6.45) is 3.06. The van der Waals surface area contributed by atoms with Crippen molar-refractivity contribution in [2.75, 3.05) is 39.4 Å². The van der Waals surface area contributed by atoms with Crippen LogP contribution in [0.3, 0.4) is 0 Å².